The summed E-state index contributed by atoms with van der Waals surface area (Å²) < 4.78 is 36.2. The molecule has 3 unspecified atom stereocenters. The first-order chi connectivity index (χ1) is 67.9. The highest BCUT2D eigenvalue weighted by Crippen LogP contribution is 2.42. The average Bonchev–Trinajstić information content (AvgIpc) is 1.62. The van der Waals surface area contributed by atoms with E-state index in [-0.39, 0.29) is 77.5 Å². The zero-order chi connectivity index (χ0) is 96.3. The van der Waals surface area contributed by atoms with Crippen molar-refractivity contribution >= 4 is 91.0 Å². The SMILES string of the molecule is C.C.C.C.C#CC(=O)N1CCCC(n2nc(-c3ccc(Oc4ccccc4)cc3)c3c(N)ncnc32)C1.C=CC(=O)N1CCC[C@@H](n2nc(-c3ccc(Oc4ccccc4)cc3)c3c(N)ncnc32)C1.CN(C)C/C=C/C(=O)N1CCCC(n2nc(-c3ccc(Oc4ccccc4)cc3)c3c(N)ncnc32)C1.COC/C=C/C(=O)N1CCCC(n2nc(-c3ccc(Oc4ccccc4)cc3)c3c(N)ncnc32)C1. The summed E-state index contributed by atoms with van der Waals surface area (Å²) >= 11 is 0. The number of amides is 4. The Labute approximate surface area is 831 Å². The molecule has 20 rings (SSSR count). The van der Waals surface area contributed by atoms with Crippen LogP contribution in [-0.4, -0.2) is 214 Å². The molecule has 34 nitrogen and oxygen atoms in total. The van der Waals surface area contributed by atoms with E-state index >= 15 is 0 Å². The molecule has 4 saturated heterocycles. The molecular weight excluding hydrogens is 1800 g/mol. The summed E-state index contributed by atoms with van der Waals surface area (Å²) in [7, 11) is 5.55. The molecule has 143 heavy (non-hydrogen) atoms. The number of fused-ring (bicyclic) bond motifs is 4. The van der Waals surface area contributed by atoms with Gasteiger partial charge >= 0.3 is 0 Å². The van der Waals surface area contributed by atoms with E-state index in [4.69, 9.17) is 73.4 Å². The molecule has 12 heterocycles. The number of carbonyl (C=O) groups is 4. The number of piperidine rings is 4. The van der Waals surface area contributed by atoms with E-state index in [0.29, 0.717) is 148 Å². The zero-order valence-electron chi connectivity index (χ0n) is 77.2. The topological polar surface area (TPSA) is 409 Å². The number of nitrogens with zero attached hydrogens (tertiary/aromatic N) is 21. The van der Waals surface area contributed by atoms with Gasteiger partial charge in [-0.25, -0.2) is 58.6 Å². The Hall–Kier alpha value is -17.1. The first-order valence-electron chi connectivity index (χ1n) is 45.9. The predicted octanol–water partition coefficient (Wildman–Crippen LogP) is 18.8. The number of likely N-dealkylation sites (tertiary alicyclic amines) is 4. The molecule has 4 aliphatic rings. The van der Waals surface area contributed by atoms with Crippen LogP contribution in [0.4, 0.5) is 23.3 Å². The first kappa shape index (κ1) is 103. The van der Waals surface area contributed by atoms with Crippen molar-refractivity contribution in [2.75, 3.05) is 110 Å². The Balaban J connectivity index is 0.000000159. The molecule has 8 aromatic carbocycles. The molecule has 16 aromatic rings. The van der Waals surface area contributed by atoms with Crippen molar-refractivity contribution in [1.82, 2.24) is 103 Å². The maximum atomic E-state index is 12.8. The lowest BCUT2D eigenvalue weighted by atomic mass is 10.1. The van der Waals surface area contributed by atoms with Crippen molar-refractivity contribution in [3.05, 3.63) is 281 Å². The van der Waals surface area contributed by atoms with E-state index in [0.717, 1.165) is 127 Å². The quantitative estimate of drug-likeness (QED) is 0.0341. The largest absolute Gasteiger partial charge is 0.457 e. The number of likely N-dealkylation sites (N-methyl/N-ethyl adjacent to an activating group) is 1. The number of hydrogen-bond donors (Lipinski definition) is 4. The van der Waals surface area contributed by atoms with Crippen LogP contribution in [0.15, 0.2) is 281 Å². The normalized spacial score (nSPS) is 15.5. The van der Waals surface area contributed by atoms with Crippen LogP contribution < -0.4 is 41.9 Å². The summed E-state index contributed by atoms with van der Waals surface area (Å²) in [4.78, 5) is 93.7. The number of benzene rings is 8. The number of rotatable bonds is 23. The van der Waals surface area contributed by atoms with Gasteiger partial charge < -0.3 is 71.1 Å². The summed E-state index contributed by atoms with van der Waals surface area (Å²) in [5.41, 5.74) is 34.1. The average molecular weight is 1930 g/mol. The number of methoxy groups -OCH3 is 1. The highest BCUT2D eigenvalue weighted by atomic mass is 16.5. The van der Waals surface area contributed by atoms with Crippen LogP contribution in [0, 0.1) is 12.3 Å². The molecule has 8 aromatic heterocycles. The molecule has 34 heteroatoms. The summed E-state index contributed by atoms with van der Waals surface area (Å²) in [5, 5.41) is 22.5. The molecule has 4 amide bonds. The standard InChI is InChI=1S/C28H31N7O2.C27H28N6O3.C25H24N6O2.C25H22N6O2.4CH4/c1-33(2)16-7-11-24(36)34-17-6-8-21(18-34)35-28-25(27(29)30-19-31-28)26(32-35)20-12-14-23(15-13-20)37-22-9-4-3-5-10-22;1-35-16-6-10-23(34)32-15-5-7-20(17-32)33-27-24(26(28)29-18-30-27)25(31-33)19-11-13-22(14-12-19)36-21-8-3-2-4-9-21;2*1-2-21(32)30-14-6-7-18(15-30)31-25-22(24(26)27-16-28-25)23(29-31)17-10-12-20(13-11-17)33-19-8-4-3-5-9-19;;;;/h3-5,7,9-15,19,21H,6,8,16-18H2,1-2H3,(H2,29,30,31);2-4,6,8-14,18,20H,5,7,15-17H2,1H3,(H2,28,29,30);2-5,8-13,16,18H,1,6-7,14-15H2,(H2,26,27,28);1,3-5,8-13,16,18H,6-7,14-15H2,(H2,26,27,28);4*1H4/b11-7+;10-6+;;;;;;/t;;18-;;;;;/m..1...../s1. The van der Waals surface area contributed by atoms with Gasteiger partial charge in [0.1, 0.15) is 117 Å². The van der Waals surface area contributed by atoms with Crippen molar-refractivity contribution in [3.63, 3.8) is 0 Å². The molecule has 8 N–H and O–H groups in total. The lowest BCUT2D eigenvalue weighted by molar-refractivity contribution is -0.128. The van der Waals surface area contributed by atoms with E-state index < -0.39 is 0 Å². The van der Waals surface area contributed by atoms with Gasteiger partial charge in [-0.3, -0.25) is 19.2 Å². The smallest absolute Gasteiger partial charge is 0.298 e. The number of ether oxygens (including phenoxy) is 5. The molecule has 0 spiro atoms. The molecule has 0 bridgehead atoms. The summed E-state index contributed by atoms with van der Waals surface area (Å²) in [5.74, 6) is 9.28. The van der Waals surface area contributed by atoms with Gasteiger partial charge in [0.15, 0.2) is 22.6 Å². The number of anilines is 4. The maximum Gasteiger partial charge on any atom is 0.298 e. The van der Waals surface area contributed by atoms with Crippen molar-refractivity contribution < 1.29 is 42.9 Å². The minimum atomic E-state index is -0.306. The second-order valence-electron chi connectivity index (χ2n) is 33.9. The second kappa shape index (κ2) is 48.5. The van der Waals surface area contributed by atoms with Gasteiger partial charge in [-0.1, -0.05) is 121 Å². The highest BCUT2D eigenvalue weighted by Gasteiger charge is 2.34. The van der Waals surface area contributed by atoms with Crippen LogP contribution in [0.3, 0.4) is 0 Å². The Morgan fingerprint density at radius 1 is 0.371 bits per heavy atom. The van der Waals surface area contributed by atoms with Gasteiger partial charge in [0.25, 0.3) is 5.91 Å². The number of nitrogens with two attached hydrogens (primary N) is 4. The van der Waals surface area contributed by atoms with E-state index in [1.165, 1.54) is 31.4 Å². The number of aromatic nitrogens is 16. The Bertz CT molecular complexity index is 7100. The minimum Gasteiger partial charge on any atom is -0.457 e. The fourth-order valence-electron chi connectivity index (χ4n) is 17.5. The minimum absolute atomic E-state index is 0. The van der Waals surface area contributed by atoms with Crippen molar-refractivity contribution in [1.29, 1.82) is 0 Å². The van der Waals surface area contributed by atoms with Gasteiger partial charge in [-0.2, -0.15) is 20.4 Å². The molecule has 736 valence electrons. The van der Waals surface area contributed by atoms with Gasteiger partial charge in [0, 0.05) is 100 Å². The van der Waals surface area contributed by atoms with Crippen molar-refractivity contribution in [2.45, 2.75) is 105 Å². The molecule has 4 atom stereocenters. The Morgan fingerprint density at radius 3 is 0.881 bits per heavy atom. The fourth-order valence-corrected chi connectivity index (χ4v) is 17.5. The number of carbonyl (C=O) groups excluding carboxylic acids is 4. The van der Waals surface area contributed by atoms with Crippen LogP contribution in [0.1, 0.15) is 105 Å². The van der Waals surface area contributed by atoms with Crippen LogP contribution in [-0.2, 0) is 23.9 Å². The van der Waals surface area contributed by atoms with Crippen molar-refractivity contribution in [2.24, 2.45) is 0 Å². The van der Waals surface area contributed by atoms with E-state index in [9.17, 15) is 19.2 Å². The summed E-state index contributed by atoms with van der Waals surface area (Å²) in [6.45, 7) is 9.67. The molecule has 0 radical (unpaired) electrons. The third-order valence-corrected chi connectivity index (χ3v) is 24.2. The number of para-hydroxylation sites is 4. The predicted molar refractivity (Wildman–Crippen MR) is 561 cm³/mol. The summed E-state index contributed by atoms with van der Waals surface area (Å²) in [6.07, 6.45) is 26.4. The third kappa shape index (κ3) is 24.4. The van der Waals surface area contributed by atoms with E-state index in [1.54, 1.807) is 35.1 Å². The lowest BCUT2D eigenvalue weighted by Crippen LogP contribution is -2.40. The van der Waals surface area contributed by atoms with Crippen LogP contribution in [0.2, 0.25) is 0 Å². The molecule has 0 saturated carbocycles. The second-order valence-corrected chi connectivity index (χ2v) is 33.9. The van der Waals surface area contributed by atoms with Gasteiger partial charge in [-0.15, -0.1) is 6.42 Å². The molecule has 0 aliphatic carbocycles. The Kier molecular flexibility index (Phi) is 35.0. The van der Waals surface area contributed by atoms with E-state index in [2.05, 4.69) is 52.4 Å². The highest BCUT2D eigenvalue weighted by molar-refractivity contribution is 6.02. The summed E-state index contributed by atoms with van der Waals surface area (Å²) in [6, 6.07) is 69.2. The first-order valence-corrected chi connectivity index (χ1v) is 45.9. The molecule has 4 aliphatic heterocycles. The van der Waals surface area contributed by atoms with Crippen LogP contribution in [0.5, 0.6) is 46.0 Å². The fraction of sp³-hybridized carbons (Fsp3) is 0.266. The number of hydrogen-bond acceptors (Lipinski definition) is 26. The zero-order valence-corrected chi connectivity index (χ0v) is 77.2. The van der Waals surface area contributed by atoms with E-state index in [1.807, 2.05) is 272 Å². The van der Waals surface area contributed by atoms with Crippen molar-refractivity contribution in [3.8, 4) is 103 Å². The number of nitrogen functional groups attached to an aromatic ring is 4. The third-order valence-electron chi connectivity index (χ3n) is 24.2. The van der Waals surface area contributed by atoms with Crippen LogP contribution >= 0.6 is 0 Å². The van der Waals surface area contributed by atoms with Gasteiger partial charge in [0.05, 0.1) is 52.3 Å². The van der Waals surface area contributed by atoms with Gasteiger partial charge in [0.2, 0.25) is 17.7 Å². The maximum absolute atomic E-state index is 12.8. The van der Waals surface area contributed by atoms with Crippen LogP contribution in [0.25, 0.3) is 89.2 Å². The Morgan fingerprint density at radius 2 is 0.622 bits per heavy atom. The lowest BCUT2D eigenvalue weighted by Gasteiger charge is -2.32. The molecular formula is C109H121N25O9. The van der Waals surface area contributed by atoms with Gasteiger partial charge in [-0.05, 0) is 223 Å². The number of terminal acetylenes is 1. The monoisotopic (exact) mass is 1920 g/mol. The molecule has 4 fully saturated rings.